The molecular formula is C8H12IN5. The second-order valence-corrected chi connectivity index (χ2v) is 3.84. The number of nitrogen functional groups attached to an aromatic ring is 1. The average Bonchev–Trinajstić information content (AvgIpc) is 2.50. The first-order valence-corrected chi connectivity index (χ1v) is 5.12. The highest BCUT2D eigenvalue weighted by molar-refractivity contribution is 14.1. The molecule has 0 unspecified atom stereocenters. The van der Waals surface area contributed by atoms with Crippen LogP contribution in [0, 0.1) is 5.41 Å². The molecule has 6 heteroatoms. The van der Waals surface area contributed by atoms with Gasteiger partial charge in [-0.15, -0.1) is 0 Å². The highest BCUT2D eigenvalue weighted by Gasteiger charge is 2.05. The van der Waals surface area contributed by atoms with Crippen LogP contribution in [0.15, 0.2) is 17.8 Å². The Morgan fingerprint density at radius 2 is 2.57 bits per heavy atom. The third-order valence-electron chi connectivity index (χ3n) is 1.62. The molecular weight excluding hydrogens is 293 g/mol. The van der Waals surface area contributed by atoms with Crippen molar-refractivity contribution >= 4 is 32.1 Å². The number of nitrogens with zero attached hydrogens (tertiary/aromatic N) is 1. The normalized spacial score (nSPS) is 11.4. The minimum atomic E-state index is 0.499. The Kier molecular flexibility index (Phi) is 3.93. The lowest BCUT2D eigenvalue weighted by Crippen LogP contribution is -2.04. The minimum absolute atomic E-state index is 0.499. The van der Waals surface area contributed by atoms with Gasteiger partial charge < -0.3 is 11.1 Å². The number of allylic oxidation sites excluding steroid dienone is 1. The van der Waals surface area contributed by atoms with Gasteiger partial charge in [-0.2, -0.15) is 5.10 Å². The summed E-state index contributed by atoms with van der Waals surface area (Å²) in [6.45, 7) is 0. The highest BCUT2D eigenvalue weighted by Crippen LogP contribution is 2.11. The number of rotatable bonds is 4. The summed E-state index contributed by atoms with van der Waals surface area (Å²) >= 11 is 1.97. The van der Waals surface area contributed by atoms with E-state index in [-0.39, 0.29) is 0 Å². The van der Waals surface area contributed by atoms with Crippen LogP contribution in [0.1, 0.15) is 5.69 Å². The molecule has 0 saturated heterocycles. The van der Waals surface area contributed by atoms with Gasteiger partial charge in [-0.1, -0.05) is 0 Å². The number of aromatic amines is 1. The first-order chi connectivity index (χ1) is 6.63. The van der Waals surface area contributed by atoms with E-state index in [9.17, 15) is 0 Å². The monoisotopic (exact) mass is 305 g/mol. The van der Waals surface area contributed by atoms with Crippen molar-refractivity contribution in [3.63, 3.8) is 0 Å². The lowest BCUT2D eigenvalue weighted by molar-refractivity contribution is 0.989. The van der Waals surface area contributed by atoms with Crippen LogP contribution in [0.2, 0.25) is 0 Å². The molecule has 0 aliphatic rings. The van der Waals surface area contributed by atoms with Gasteiger partial charge in [-0.25, -0.2) is 0 Å². The second kappa shape index (κ2) is 4.99. The fraction of sp³-hybridized carbons (Fsp3) is 0.250. The van der Waals surface area contributed by atoms with E-state index in [4.69, 9.17) is 11.1 Å². The van der Waals surface area contributed by atoms with Crippen molar-refractivity contribution in [3.05, 3.63) is 23.5 Å². The topological polar surface area (TPSA) is 90.6 Å². The average molecular weight is 305 g/mol. The van der Waals surface area contributed by atoms with E-state index in [0.717, 1.165) is 11.3 Å². The maximum absolute atomic E-state index is 7.52. The predicted octanol–water partition coefficient (Wildman–Crippen LogP) is 1.05. The molecule has 76 valence electrons. The smallest absolute Gasteiger partial charge is 0.119 e. The fourth-order valence-corrected chi connectivity index (χ4v) is 1.38. The van der Waals surface area contributed by atoms with Gasteiger partial charge >= 0.3 is 0 Å². The zero-order valence-corrected chi connectivity index (χ0v) is 9.92. The summed E-state index contributed by atoms with van der Waals surface area (Å²) in [6.07, 6.45) is 2.40. The van der Waals surface area contributed by atoms with E-state index < -0.39 is 0 Å². The van der Waals surface area contributed by atoms with Crippen molar-refractivity contribution in [2.75, 3.05) is 12.8 Å². The van der Waals surface area contributed by atoms with Gasteiger partial charge in [0.15, 0.2) is 0 Å². The summed E-state index contributed by atoms with van der Waals surface area (Å²) in [5.41, 5.74) is 7.22. The molecule has 5 nitrogen and oxygen atoms in total. The highest BCUT2D eigenvalue weighted by atomic mass is 127. The maximum atomic E-state index is 7.52. The Hall–Kier alpha value is -1.05. The van der Waals surface area contributed by atoms with E-state index in [0.29, 0.717) is 16.0 Å². The van der Waals surface area contributed by atoms with Gasteiger partial charge in [0.1, 0.15) is 5.82 Å². The predicted molar refractivity (Wildman–Crippen MR) is 65.6 cm³/mol. The Morgan fingerprint density at radius 1 is 1.86 bits per heavy atom. The molecule has 0 fully saturated rings. The molecule has 1 heterocycles. The van der Waals surface area contributed by atoms with Gasteiger partial charge in [0.2, 0.25) is 0 Å². The van der Waals surface area contributed by atoms with E-state index in [1.807, 2.05) is 22.6 Å². The van der Waals surface area contributed by atoms with Crippen molar-refractivity contribution in [2.45, 2.75) is 6.42 Å². The van der Waals surface area contributed by atoms with Crippen molar-refractivity contribution in [2.24, 2.45) is 0 Å². The Labute approximate surface area is 95.8 Å². The zero-order valence-electron chi connectivity index (χ0n) is 7.76. The molecule has 0 spiro atoms. The van der Waals surface area contributed by atoms with Crippen molar-refractivity contribution in [1.29, 1.82) is 5.41 Å². The van der Waals surface area contributed by atoms with Gasteiger partial charge in [0.05, 0.1) is 9.41 Å². The first-order valence-electron chi connectivity index (χ1n) is 4.04. The molecule has 0 bridgehead atoms. The first kappa shape index (κ1) is 11.0. The molecule has 1 aromatic rings. The minimum Gasteiger partial charge on any atom is -0.394 e. The van der Waals surface area contributed by atoms with Crippen molar-refractivity contribution < 1.29 is 0 Å². The molecule has 14 heavy (non-hydrogen) atoms. The molecule has 0 saturated carbocycles. The summed E-state index contributed by atoms with van der Waals surface area (Å²) in [5.74, 6) is 0.545. The largest absolute Gasteiger partial charge is 0.394 e. The molecule has 0 atom stereocenters. The van der Waals surface area contributed by atoms with Gasteiger partial charge in [0, 0.05) is 31.3 Å². The van der Waals surface area contributed by atoms with E-state index in [1.165, 1.54) is 0 Å². The Balaban J connectivity index is 2.75. The number of aromatic nitrogens is 2. The number of H-pyrrole nitrogens is 1. The van der Waals surface area contributed by atoms with Crippen LogP contribution in [-0.4, -0.2) is 21.0 Å². The fourth-order valence-electron chi connectivity index (χ4n) is 1.03. The Bertz CT molecular complexity index is 354. The molecule has 0 amide bonds. The molecule has 0 aromatic carbocycles. The molecule has 0 radical (unpaired) electrons. The van der Waals surface area contributed by atoms with E-state index >= 15 is 0 Å². The van der Waals surface area contributed by atoms with Crippen LogP contribution in [0.5, 0.6) is 0 Å². The van der Waals surface area contributed by atoms with Crippen molar-refractivity contribution in [1.82, 2.24) is 15.5 Å². The number of hydrogen-bond acceptors (Lipinski definition) is 4. The number of nitrogens with one attached hydrogen (secondary N) is 3. The lowest BCUT2D eigenvalue weighted by atomic mass is 10.2. The summed E-state index contributed by atoms with van der Waals surface area (Å²) in [5, 5.41) is 17.1. The molecule has 0 aliphatic heterocycles. The van der Waals surface area contributed by atoms with Crippen LogP contribution in [-0.2, 0) is 6.42 Å². The van der Waals surface area contributed by atoms with Crippen LogP contribution in [0.3, 0.4) is 0 Å². The summed E-state index contributed by atoms with van der Waals surface area (Å²) in [6, 6.07) is 1.77. The van der Waals surface area contributed by atoms with Gasteiger partial charge in [-0.3, -0.25) is 10.5 Å². The van der Waals surface area contributed by atoms with Crippen LogP contribution < -0.4 is 11.1 Å². The Morgan fingerprint density at radius 3 is 3.00 bits per heavy atom. The number of hydrogen-bond donors (Lipinski definition) is 4. The van der Waals surface area contributed by atoms with Gasteiger partial charge in [-0.05, 0) is 22.6 Å². The number of halogens is 1. The van der Waals surface area contributed by atoms with Crippen LogP contribution in [0.25, 0.3) is 0 Å². The summed E-state index contributed by atoms with van der Waals surface area (Å²) < 4.78 is 0.499. The molecule has 1 rings (SSSR count). The second-order valence-electron chi connectivity index (χ2n) is 2.76. The maximum Gasteiger partial charge on any atom is 0.119 e. The molecule has 5 N–H and O–H groups in total. The lowest BCUT2D eigenvalue weighted by Gasteiger charge is -2.01. The quantitative estimate of drug-likeness (QED) is 0.495. The van der Waals surface area contributed by atoms with Crippen LogP contribution in [0.4, 0.5) is 5.82 Å². The van der Waals surface area contributed by atoms with E-state index in [1.54, 1.807) is 19.3 Å². The standard InChI is InChI=1S/C8H12IN5/c1-12-4-5(8(9)11)2-6-3-7(10)14-13-6/h3-4,11-12H,2H2,1H3,(H3,10,13,14)/b5-4-,11-8?. The number of nitrogens with two attached hydrogens (primary N) is 1. The summed E-state index contributed by atoms with van der Waals surface area (Å²) in [7, 11) is 1.80. The SMILES string of the molecule is CN/C=C(/Cc1cc(N)[nH]n1)C(=N)I. The molecule has 0 aliphatic carbocycles. The van der Waals surface area contributed by atoms with Crippen molar-refractivity contribution in [3.8, 4) is 0 Å². The van der Waals surface area contributed by atoms with Crippen LogP contribution >= 0.6 is 22.6 Å². The van der Waals surface area contributed by atoms with Gasteiger partial charge in [0.25, 0.3) is 0 Å². The summed E-state index contributed by atoms with van der Waals surface area (Å²) in [4.78, 5) is 0. The molecule has 1 aromatic heterocycles. The third kappa shape index (κ3) is 3.02. The third-order valence-corrected chi connectivity index (χ3v) is 2.32. The zero-order chi connectivity index (χ0) is 10.6. The van der Waals surface area contributed by atoms with E-state index in [2.05, 4.69) is 15.5 Å². The number of anilines is 1.